The van der Waals surface area contributed by atoms with Crippen molar-refractivity contribution in [3.05, 3.63) is 11.8 Å². The molecule has 2 aliphatic rings. The van der Waals surface area contributed by atoms with E-state index in [4.69, 9.17) is 0 Å². The van der Waals surface area contributed by atoms with Crippen LogP contribution in [0, 0.1) is 5.92 Å². The van der Waals surface area contributed by atoms with Gasteiger partial charge in [-0.1, -0.05) is 13.0 Å². The summed E-state index contributed by atoms with van der Waals surface area (Å²) in [5.41, 5.74) is 2.71. The Hall–Kier alpha value is -0.790. The summed E-state index contributed by atoms with van der Waals surface area (Å²) in [4.78, 5) is 6.84. The second-order valence-electron chi connectivity index (χ2n) is 3.41. The minimum Gasteiger partial charge on any atom is -0.372 e. The molecule has 11 heavy (non-hydrogen) atoms. The molecule has 2 rings (SSSR count). The van der Waals surface area contributed by atoms with Gasteiger partial charge in [-0.25, -0.2) is 0 Å². The van der Waals surface area contributed by atoms with Gasteiger partial charge in [0.05, 0.1) is 18.0 Å². The number of aliphatic imine (C=N–C) groups is 1. The highest BCUT2D eigenvalue weighted by molar-refractivity contribution is 6.03. The Morgan fingerprint density at radius 1 is 1.64 bits per heavy atom. The van der Waals surface area contributed by atoms with Crippen molar-refractivity contribution in [1.82, 2.24) is 4.90 Å². The second kappa shape index (κ2) is 2.36. The monoisotopic (exact) mass is 150 g/mol. The Kier molecular flexibility index (Phi) is 1.48. The molecule has 0 amide bonds. The molecule has 0 aromatic heterocycles. The van der Waals surface area contributed by atoms with E-state index >= 15 is 0 Å². The van der Waals surface area contributed by atoms with E-state index in [2.05, 4.69) is 29.9 Å². The summed E-state index contributed by atoms with van der Waals surface area (Å²) in [7, 11) is 2.15. The summed E-state index contributed by atoms with van der Waals surface area (Å²) in [5, 5.41) is 0. The average Bonchev–Trinajstić information content (AvgIpc) is 2.35. The fraction of sp³-hybridized carbons (Fsp3) is 0.667. The van der Waals surface area contributed by atoms with Gasteiger partial charge in [-0.05, 0) is 6.42 Å². The molecular formula is C9H14N2. The molecule has 0 N–H and O–H groups in total. The molecule has 0 saturated heterocycles. The lowest BCUT2D eigenvalue weighted by Crippen LogP contribution is -2.30. The van der Waals surface area contributed by atoms with Gasteiger partial charge in [0.25, 0.3) is 0 Å². The first kappa shape index (κ1) is 6.89. The van der Waals surface area contributed by atoms with Crippen molar-refractivity contribution in [2.75, 3.05) is 20.1 Å². The summed E-state index contributed by atoms with van der Waals surface area (Å²) >= 11 is 0. The minimum atomic E-state index is 0.660. The van der Waals surface area contributed by atoms with E-state index in [1.807, 2.05) is 0 Å². The van der Waals surface area contributed by atoms with E-state index < -0.39 is 0 Å². The quantitative estimate of drug-likeness (QED) is 0.508. The van der Waals surface area contributed by atoms with Crippen molar-refractivity contribution in [3.8, 4) is 0 Å². The molecule has 0 unspecified atom stereocenters. The summed E-state index contributed by atoms with van der Waals surface area (Å²) in [6.45, 7) is 4.32. The van der Waals surface area contributed by atoms with Crippen molar-refractivity contribution in [2.24, 2.45) is 10.9 Å². The van der Waals surface area contributed by atoms with Gasteiger partial charge in [0.2, 0.25) is 0 Å². The number of nitrogens with zero attached hydrogens (tertiary/aromatic N) is 2. The standard InChI is InChI=1S/C9H14N2/c1-7-3-4-8-9(7)10-5-6-11(8)2/h4,7H,3,5-6H2,1-2H3/t7-/m0/s1. The molecule has 0 saturated carbocycles. The van der Waals surface area contributed by atoms with Gasteiger partial charge in [0.15, 0.2) is 0 Å². The van der Waals surface area contributed by atoms with Crippen molar-refractivity contribution in [2.45, 2.75) is 13.3 Å². The third-order valence-electron chi connectivity index (χ3n) is 2.52. The third kappa shape index (κ3) is 0.971. The summed E-state index contributed by atoms with van der Waals surface area (Å²) in [6, 6.07) is 0. The zero-order chi connectivity index (χ0) is 7.84. The molecule has 0 aromatic rings. The van der Waals surface area contributed by atoms with Crippen LogP contribution >= 0.6 is 0 Å². The maximum absolute atomic E-state index is 4.53. The first-order valence-corrected chi connectivity index (χ1v) is 4.25. The summed E-state index contributed by atoms with van der Waals surface area (Å²) in [5.74, 6) is 0.660. The van der Waals surface area contributed by atoms with E-state index in [-0.39, 0.29) is 0 Å². The Morgan fingerprint density at radius 3 is 3.18 bits per heavy atom. The van der Waals surface area contributed by atoms with Crippen LogP contribution in [0.25, 0.3) is 0 Å². The van der Waals surface area contributed by atoms with Gasteiger partial charge in [-0.3, -0.25) is 4.99 Å². The number of likely N-dealkylation sites (N-methyl/N-ethyl adjacent to an activating group) is 1. The normalized spacial score (nSPS) is 29.6. The third-order valence-corrected chi connectivity index (χ3v) is 2.52. The molecule has 1 aliphatic heterocycles. The number of rotatable bonds is 0. The van der Waals surface area contributed by atoms with Crippen molar-refractivity contribution >= 4 is 5.71 Å². The lowest BCUT2D eigenvalue weighted by atomic mass is 10.1. The predicted octanol–water partition coefficient (Wildman–Crippen LogP) is 1.30. The van der Waals surface area contributed by atoms with Crippen LogP contribution in [0.5, 0.6) is 0 Å². The fourth-order valence-corrected chi connectivity index (χ4v) is 1.79. The van der Waals surface area contributed by atoms with Gasteiger partial charge < -0.3 is 4.90 Å². The zero-order valence-corrected chi connectivity index (χ0v) is 7.17. The van der Waals surface area contributed by atoms with E-state index in [0.717, 1.165) is 13.1 Å². The minimum absolute atomic E-state index is 0.660. The van der Waals surface area contributed by atoms with Gasteiger partial charge >= 0.3 is 0 Å². The number of hydrogen-bond acceptors (Lipinski definition) is 2. The molecule has 60 valence electrons. The van der Waals surface area contributed by atoms with Crippen LogP contribution in [0.4, 0.5) is 0 Å². The van der Waals surface area contributed by atoms with Crippen molar-refractivity contribution in [3.63, 3.8) is 0 Å². The highest BCUT2D eigenvalue weighted by atomic mass is 15.2. The molecule has 2 nitrogen and oxygen atoms in total. The van der Waals surface area contributed by atoms with E-state index in [1.165, 1.54) is 17.8 Å². The topological polar surface area (TPSA) is 15.6 Å². The fourth-order valence-electron chi connectivity index (χ4n) is 1.79. The van der Waals surface area contributed by atoms with Gasteiger partial charge in [-0.2, -0.15) is 0 Å². The number of fused-ring (bicyclic) bond motifs is 1. The Morgan fingerprint density at radius 2 is 2.45 bits per heavy atom. The Balaban J connectivity index is 2.32. The largest absolute Gasteiger partial charge is 0.372 e. The average molecular weight is 150 g/mol. The van der Waals surface area contributed by atoms with Crippen molar-refractivity contribution in [1.29, 1.82) is 0 Å². The highest BCUT2D eigenvalue weighted by Gasteiger charge is 2.25. The molecule has 0 radical (unpaired) electrons. The molecule has 1 aliphatic carbocycles. The van der Waals surface area contributed by atoms with Crippen molar-refractivity contribution < 1.29 is 0 Å². The molecule has 1 atom stereocenters. The van der Waals surface area contributed by atoms with Crippen LogP contribution in [0.2, 0.25) is 0 Å². The smallest absolute Gasteiger partial charge is 0.0610 e. The highest BCUT2D eigenvalue weighted by Crippen LogP contribution is 2.25. The van der Waals surface area contributed by atoms with Crippen LogP contribution < -0.4 is 0 Å². The molecule has 2 heteroatoms. The molecule has 0 aromatic carbocycles. The molecular weight excluding hydrogens is 136 g/mol. The van der Waals surface area contributed by atoms with Gasteiger partial charge in [0.1, 0.15) is 0 Å². The van der Waals surface area contributed by atoms with E-state index in [9.17, 15) is 0 Å². The molecule has 1 heterocycles. The number of allylic oxidation sites excluding steroid dienone is 2. The van der Waals surface area contributed by atoms with Gasteiger partial charge in [-0.15, -0.1) is 0 Å². The maximum Gasteiger partial charge on any atom is 0.0610 e. The second-order valence-corrected chi connectivity index (χ2v) is 3.41. The van der Waals surface area contributed by atoms with Crippen LogP contribution in [-0.2, 0) is 0 Å². The van der Waals surface area contributed by atoms with E-state index in [0.29, 0.717) is 5.92 Å². The summed E-state index contributed by atoms with van der Waals surface area (Å²) < 4.78 is 0. The lowest BCUT2D eigenvalue weighted by Gasteiger charge is -2.25. The predicted molar refractivity (Wildman–Crippen MR) is 46.8 cm³/mol. The molecule has 0 fully saturated rings. The van der Waals surface area contributed by atoms with Crippen LogP contribution in [0.1, 0.15) is 13.3 Å². The van der Waals surface area contributed by atoms with Gasteiger partial charge in [0, 0.05) is 19.5 Å². The molecule has 0 bridgehead atoms. The Bertz CT molecular complexity index is 228. The van der Waals surface area contributed by atoms with Crippen LogP contribution in [-0.4, -0.2) is 30.7 Å². The first-order chi connectivity index (χ1) is 5.29. The SMILES string of the molecule is C[C@H]1CC=C2C1=NCCN2C. The summed E-state index contributed by atoms with van der Waals surface area (Å²) in [6.07, 6.45) is 3.49. The first-order valence-electron chi connectivity index (χ1n) is 4.25. The zero-order valence-electron chi connectivity index (χ0n) is 7.17. The Labute approximate surface area is 67.6 Å². The number of hydrogen-bond donors (Lipinski definition) is 0. The molecule has 0 spiro atoms. The maximum atomic E-state index is 4.53. The van der Waals surface area contributed by atoms with E-state index in [1.54, 1.807) is 0 Å². The van der Waals surface area contributed by atoms with Crippen LogP contribution in [0.15, 0.2) is 16.8 Å². The van der Waals surface area contributed by atoms with Crippen LogP contribution in [0.3, 0.4) is 0 Å². The lowest BCUT2D eigenvalue weighted by molar-refractivity contribution is 0.436.